The van der Waals surface area contributed by atoms with Gasteiger partial charge in [-0.1, -0.05) is 31.2 Å². The predicted octanol–water partition coefficient (Wildman–Crippen LogP) is 3.83. The molecule has 0 unspecified atom stereocenters. The van der Waals surface area contributed by atoms with Gasteiger partial charge < -0.3 is 15.7 Å². The van der Waals surface area contributed by atoms with E-state index in [1.165, 1.54) is 5.56 Å². The first-order valence-electron chi connectivity index (χ1n) is 9.97. The number of rotatable bonds is 10. The van der Waals surface area contributed by atoms with E-state index < -0.39 is 41.9 Å². The second-order valence-electron chi connectivity index (χ2n) is 7.92. The second-order valence-corrected chi connectivity index (χ2v) is 7.92. The molecule has 0 spiro atoms. The van der Waals surface area contributed by atoms with E-state index in [9.17, 15) is 23.1 Å². The third-order valence-electron chi connectivity index (χ3n) is 5.12. The van der Waals surface area contributed by atoms with Crippen LogP contribution < -0.4 is 10.6 Å². The van der Waals surface area contributed by atoms with Crippen molar-refractivity contribution in [1.82, 2.24) is 10.6 Å². The maximum Gasteiger partial charge on any atom is 0.251 e. The van der Waals surface area contributed by atoms with Crippen LogP contribution in [0, 0.1) is 11.6 Å². The molecule has 0 saturated heterocycles. The second kappa shape index (κ2) is 12.1. The minimum absolute atomic E-state index is 0. The Kier molecular flexibility index (Phi) is 10.5. The molecule has 4 nitrogen and oxygen atoms in total. The average Bonchev–Trinajstić information content (AvgIpc) is 2.70. The van der Waals surface area contributed by atoms with Crippen molar-refractivity contribution in [3.8, 4) is 0 Å². The molecule has 8 heteroatoms. The standard InChI is InChI=1S/C23H29F3N2O2.ClH/c1-4-15-6-5-7-17(8-15)23(2,3)27-14-21(29)20(28-22(30)13-24)11-16-9-18(25)12-19(26)10-16;/h5-10,12,20-21,27,29H,4,11,13-14H2,1-3H3,(H,28,30);1H/t20-,21-;/m0./s1. The molecule has 0 fully saturated rings. The smallest absolute Gasteiger partial charge is 0.251 e. The highest BCUT2D eigenvalue weighted by atomic mass is 35.5. The Labute approximate surface area is 187 Å². The first kappa shape index (κ1) is 26.9. The molecule has 2 atom stereocenters. The molecule has 31 heavy (non-hydrogen) atoms. The van der Waals surface area contributed by atoms with E-state index in [-0.39, 0.29) is 30.9 Å². The molecule has 0 radical (unpaired) electrons. The van der Waals surface area contributed by atoms with Gasteiger partial charge in [0.15, 0.2) is 6.67 Å². The lowest BCUT2D eigenvalue weighted by Gasteiger charge is -2.31. The fourth-order valence-corrected chi connectivity index (χ4v) is 3.30. The van der Waals surface area contributed by atoms with E-state index in [0.717, 1.165) is 30.2 Å². The molecule has 1 amide bonds. The van der Waals surface area contributed by atoms with Crippen molar-refractivity contribution < 1.29 is 23.1 Å². The Hall–Kier alpha value is -2.09. The number of carbonyl (C=O) groups is 1. The summed E-state index contributed by atoms with van der Waals surface area (Å²) in [5.74, 6) is -2.42. The van der Waals surface area contributed by atoms with Crippen LogP contribution in [0.25, 0.3) is 0 Å². The SMILES string of the molecule is CCc1cccc(C(C)(C)NC[C@H](O)[C@H](Cc2cc(F)cc(F)c2)NC(=O)CF)c1.Cl. The third-order valence-corrected chi connectivity index (χ3v) is 5.12. The largest absolute Gasteiger partial charge is 0.390 e. The number of benzene rings is 2. The number of carbonyl (C=O) groups excluding carboxylic acids is 1. The Morgan fingerprint density at radius 1 is 1.10 bits per heavy atom. The fourth-order valence-electron chi connectivity index (χ4n) is 3.30. The first-order valence-corrected chi connectivity index (χ1v) is 9.97. The number of alkyl halides is 1. The molecule has 172 valence electrons. The van der Waals surface area contributed by atoms with Gasteiger partial charge in [0.1, 0.15) is 11.6 Å². The Morgan fingerprint density at radius 2 is 1.74 bits per heavy atom. The lowest BCUT2D eigenvalue weighted by atomic mass is 9.91. The van der Waals surface area contributed by atoms with Gasteiger partial charge in [0.25, 0.3) is 5.91 Å². The van der Waals surface area contributed by atoms with Crippen LogP contribution in [0.5, 0.6) is 0 Å². The van der Waals surface area contributed by atoms with Crippen molar-refractivity contribution >= 4 is 18.3 Å². The van der Waals surface area contributed by atoms with Gasteiger partial charge in [-0.3, -0.25) is 4.79 Å². The average molecular weight is 459 g/mol. The number of hydrogen-bond acceptors (Lipinski definition) is 3. The molecule has 0 heterocycles. The minimum atomic E-state index is -1.25. The summed E-state index contributed by atoms with van der Waals surface area (Å²) in [6.07, 6.45) is -0.260. The first-order chi connectivity index (χ1) is 14.1. The van der Waals surface area contributed by atoms with E-state index in [4.69, 9.17) is 0 Å². The highest BCUT2D eigenvalue weighted by Crippen LogP contribution is 2.21. The van der Waals surface area contributed by atoms with E-state index in [2.05, 4.69) is 23.6 Å². The minimum Gasteiger partial charge on any atom is -0.390 e. The van der Waals surface area contributed by atoms with Crippen LogP contribution in [0.3, 0.4) is 0 Å². The predicted molar refractivity (Wildman–Crippen MR) is 118 cm³/mol. The third kappa shape index (κ3) is 8.16. The van der Waals surface area contributed by atoms with Crippen molar-refractivity contribution in [2.75, 3.05) is 13.2 Å². The summed E-state index contributed by atoms with van der Waals surface area (Å²) >= 11 is 0. The van der Waals surface area contributed by atoms with Crippen LogP contribution in [0.4, 0.5) is 13.2 Å². The number of aryl methyl sites for hydroxylation is 1. The highest BCUT2D eigenvalue weighted by Gasteiger charge is 2.26. The molecule has 0 bridgehead atoms. The molecule has 2 aromatic rings. The Bertz CT molecular complexity index is 844. The maximum atomic E-state index is 13.5. The van der Waals surface area contributed by atoms with E-state index in [0.29, 0.717) is 0 Å². The van der Waals surface area contributed by atoms with Crippen molar-refractivity contribution in [2.24, 2.45) is 0 Å². The van der Waals surface area contributed by atoms with Crippen molar-refractivity contribution in [3.63, 3.8) is 0 Å². The maximum absolute atomic E-state index is 13.5. The zero-order valence-corrected chi connectivity index (χ0v) is 18.7. The van der Waals surface area contributed by atoms with E-state index in [1.54, 1.807) is 0 Å². The normalized spacial score (nSPS) is 13.3. The van der Waals surface area contributed by atoms with Gasteiger partial charge in [0, 0.05) is 18.2 Å². The van der Waals surface area contributed by atoms with Gasteiger partial charge in [0.2, 0.25) is 0 Å². The molecular weight excluding hydrogens is 429 g/mol. The number of aliphatic hydroxyl groups is 1. The topological polar surface area (TPSA) is 61.4 Å². The van der Waals surface area contributed by atoms with Crippen LogP contribution in [-0.2, 0) is 23.2 Å². The van der Waals surface area contributed by atoms with Crippen molar-refractivity contribution in [1.29, 1.82) is 0 Å². The molecule has 2 aromatic carbocycles. The van der Waals surface area contributed by atoms with E-state index >= 15 is 0 Å². The van der Waals surface area contributed by atoms with Crippen LogP contribution in [-0.4, -0.2) is 36.4 Å². The summed E-state index contributed by atoms with van der Waals surface area (Å²) in [7, 11) is 0. The molecule has 0 aliphatic heterocycles. The number of nitrogens with one attached hydrogen (secondary N) is 2. The summed E-state index contributed by atoms with van der Waals surface area (Å²) < 4.78 is 39.7. The molecular formula is C23H30ClF3N2O2. The molecule has 0 aliphatic carbocycles. The highest BCUT2D eigenvalue weighted by molar-refractivity contribution is 5.85. The lowest BCUT2D eigenvalue weighted by molar-refractivity contribution is -0.123. The van der Waals surface area contributed by atoms with Crippen LogP contribution >= 0.6 is 12.4 Å². The van der Waals surface area contributed by atoms with Crippen molar-refractivity contribution in [3.05, 3.63) is 70.8 Å². The summed E-state index contributed by atoms with van der Waals surface area (Å²) in [5, 5.41) is 16.3. The van der Waals surface area contributed by atoms with Gasteiger partial charge in [0.05, 0.1) is 12.1 Å². The molecule has 0 aliphatic rings. The van der Waals surface area contributed by atoms with Gasteiger partial charge in [-0.25, -0.2) is 13.2 Å². The molecule has 3 N–H and O–H groups in total. The molecule has 2 rings (SSSR count). The number of aliphatic hydroxyl groups excluding tert-OH is 1. The Morgan fingerprint density at radius 3 is 2.32 bits per heavy atom. The van der Waals surface area contributed by atoms with Gasteiger partial charge in [-0.15, -0.1) is 12.4 Å². The van der Waals surface area contributed by atoms with Crippen molar-refractivity contribution in [2.45, 2.75) is 51.3 Å². The number of halogens is 4. The summed E-state index contributed by atoms with van der Waals surface area (Å²) in [6.45, 7) is 4.83. The van der Waals surface area contributed by atoms with E-state index in [1.807, 2.05) is 32.0 Å². The molecule has 0 aromatic heterocycles. The van der Waals surface area contributed by atoms with Crippen LogP contribution in [0.1, 0.15) is 37.5 Å². The summed E-state index contributed by atoms with van der Waals surface area (Å²) in [4.78, 5) is 11.6. The lowest BCUT2D eigenvalue weighted by Crippen LogP contribution is -2.51. The summed E-state index contributed by atoms with van der Waals surface area (Å²) in [5.41, 5.74) is 1.99. The quantitative estimate of drug-likeness (QED) is 0.507. The van der Waals surface area contributed by atoms with Crippen LogP contribution in [0.2, 0.25) is 0 Å². The zero-order valence-electron chi connectivity index (χ0n) is 17.9. The van der Waals surface area contributed by atoms with Crippen LogP contribution in [0.15, 0.2) is 42.5 Å². The van der Waals surface area contributed by atoms with Gasteiger partial charge in [-0.2, -0.15) is 0 Å². The number of hydrogen-bond donors (Lipinski definition) is 3. The number of amides is 1. The van der Waals surface area contributed by atoms with Gasteiger partial charge in [-0.05, 0) is 55.5 Å². The summed E-state index contributed by atoms with van der Waals surface area (Å²) in [6, 6.07) is 10.1. The fraction of sp³-hybridized carbons (Fsp3) is 0.435. The van der Waals surface area contributed by atoms with Gasteiger partial charge >= 0.3 is 0 Å². The zero-order chi connectivity index (χ0) is 22.3. The molecule has 0 saturated carbocycles. The Balaban J connectivity index is 0.00000480. The monoisotopic (exact) mass is 458 g/mol.